The van der Waals surface area contributed by atoms with Gasteiger partial charge in [0, 0.05) is 11.8 Å². The number of carbonyl (C=O) groups is 1. The highest BCUT2D eigenvalue weighted by Gasteiger charge is 2.67. The number of rotatable bonds is 1. The number of fused-ring (bicyclic) bond motifs is 5. The molecule has 26 heavy (non-hydrogen) atoms. The molecule has 0 aliphatic heterocycles. The molecule has 148 valence electrons. The van der Waals surface area contributed by atoms with Crippen LogP contribution in [0, 0.1) is 34.5 Å². The van der Waals surface area contributed by atoms with Crippen LogP contribution in [0.4, 0.5) is 0 Å². The summed E-state index contributed by atoms with van der Waals surface area (Å²) in [5, 5.41) is 32.5. The predicted octanol–water partition coefficient (Wildman–Crippen LogP) is 2.26. The van der Waals surface area contributed by atoms with E-state index >= 15 is 0 Å². The molecule has 0 amide bonds. The lowest BCUT2D eigenvalue weighted by atomic mass is 9.42. The lowest BCUT2D eigenvalue weighted by Crippen LogP contribution is -2.68. The minimum absolute atomic E-state index is 0.0441. The van der Waals surface area contributed by atoms with E-state index in [0.717, 1.165) is 32.1 Å². The number of carbonyl (C=O) groups excluding carboxylic acids is 1. The second-order valence-electron chi connectivity index (χ2n) is 10.1. The molecule has 3 N–H and O–H groups in total. The van der Waals surface area contributed by atoms with E-state index in [2.05, 4.69) is 13.8 Å². The first-order chi connectivity index (χ1) is 12.2. The third kappa shape index (κ3) is 2.23. The third-order valence-corrected chi connectivity index (χ3v) is 9.32. The van der Waals surface area contributed by atoms with Crippen LogP contribution in [-0.4, -0.2) is 46.2 Å². The van der Waals surface area contributed by atoms with E-state index in [1.807, 2.05) is 0 Å². The van der Waals surface area contributed by atoms with Crippen molar-refractivity contribution in [3.05, 3.63) is 0 Å². The summed E-state index contributed by atoms with van der Waals surface area (Å²) < 4.78 is 5.08. The molecule has 4 rings (SSSR count). The van der Waals surface area contributed by atoms with Gasteiger partial charge in [0.1, 0.15) is 0 Å². The Balaban J connectivity index is 1.67. The highest BCUT2D eigenvalue weighted by molar-refractivity contribution is 5.73. The normalized spacial score (nSPS) is 56.2. The third-order valence-electron chi connectivity index (χ3n) is 9.32. The number of aliphatic hydroxyl groups is 3. The molecule has 5 heteroatoms. The molecular formula is C21H34O5. The number of ether oxygens (including phenoxy) is 1. The molecule has 4 fully saturated rings. The minimum Gasteiger partial charge on any atom is -0.469 e. The van der Waals surface area contributed by atoms with E-state index in [1.165, 1.54) is 7.11 Å². The van der Waals surface area contributed by atoms with Gasteiger partial charge in [0.05, 0.1) is 30.8 Å². The van der Waals surface area contributed by atoms with Gasteiger partial charge in [-0.2, -0.15) is 0 Å². The van der Waals surface area contributed by atoms with Crippen molar-refractivity contribution in [2.45, 2.75) is 83.0 Å². The van der Waals surface area contributed by atoms with E-state index in [-0.39, 0.29) is 29.1 Å². The fourth-order valence-electron chi connectivity index (χ4n) is 7.79. The Morgan fingerprint density at radius 3 is 2.46 bits per heavy atom. The zero-order chi connectivity index (χ0) is 18.9. The number of aliphatic hydroxyl groups excluding tert-OH is 2. The maximum atomic E-state index is 12.3. The van der Waals surface area contributed by atoms with Crippen molar-refractivity contribution in [2.75, 3.05) is 7.11 Å². The smallest absolute Gasteiger partial charge is 0.309 e. The van der Waals surface area contributed by atoms with E-state index in [4.69, 9.17) is 4.74 Å². The Labute approximate surface area is 156 Å². The average Bonchev–Trinajstić information content (AvgIpc) is 2.94. The van der Waals surface area contributed by atoms with Gasteiger partial charge in [0.15, 0.2) is 0 Å². The summed E-state index contributed by atoms with van der Waals surface area (Å²) in [6.07, 6.45) is 4.81. The average molecular weight is 366 g/mol. The van der Waals surface area contributed by atoms with Crippen LogP contribution in [0.2, 0.25) is 0 Å². The zero-order valence-electron chi connectivity index (χ0n) is 16.3. The van der Waals surface area contributed by atoms with Crippen LogP contribution in [0.1, 0.15) is 65.2 Å². The van der Waals surface area contributed by atoms with Crippen molar-refractivity contribution in [2.24, 2.45) is 34.5 Å². The maximum Gasteiger partial charge on any atom is 0.309 e. The van der Waals surface area contributed by atoms with Crippen LogP contribution in [0.3, 0.4) is 0 Å². The molecule has 9 atom stereocenters. The fourth-order valence-corrected chi connectivity index (χ4v) is 7.79. The van der Waals surface area contributed by atoms with Gasteiger partial charge in [-0.15, -0.1) is 0 Å². The monoisotopic (exact) mass is 366 g/mol. The summed E-state index contributed by atoms with van der Waals surface area (Å²) in [4.78, 5) is 12.3. The Morgan fingerprint density at radius 2 is 1.77 bits per heavy atom. The highest BCUT2D eigenvalue weighted by Crippen LogP contribution is 2.68. The summed E-state index contributed by atoms with van der Waals surface area (Å²) in [6, 6.07) is 0. The van der Waals surface area contributed by atoms with Gasteiger partial charge in [-0.25, -0.2) is 0 Å². The Bertz CT molecular complexity index is 593. The molecule has 0 aromatic carbocycles. The van der Waals surface area contributed by atoms with Gasteiger partial charge >= 0.3 is 5.97 Å². The van der Waals surface area contributed by atoms with Crippen LogP contribution >= 0.6 is 0 Å². The Kier molecular flexibility index (Phi) is 4.26. The van der Waals surface area contributed by atoms with Crippen molar-refractivity contribution >= 4 is 5.97 Å². The van der Waals surface area contributed by atoms with Crippen LogP contribution in [0.5, 0.6) is 0 Å². The lowest BCUT2D eigenvalue weighted by molar-refractivity contribution is -0.264. The molecule has 0 aromatic heterocycles. The lowest BCUT2D eigenvalue weighted by Gasteiger charge is -2.65. The SMILES string of the molecule is COC(=O)[C@H]1CC[C@H]2[C@@H]3C[C@@H](O)[C@@]4(O)C[C@@H](O)CC[C@]4(C)[C@H]3CC[C@]12C. The van der Waals surface area contributed by atoms with Gasteiger partial charge < -0.3 is 20.1 Å². The summed E-state index contributed by atoms with van der Waals surface area (Å²) in [6.45, 7) is 4.37. The minimum atomic E-state index is -1.19. The fraction of sp³-hybridized carbons (Fsp3) is 0.952. The number of hydrogen-bond donors (Lipinski definition) is 3. The molecular weight excluding hydrogens is 332 g/mol. The molecule has 4 saturated carbocycles. The predicted molar refractivity (Wildman–Crippen MR) is 96.1 cm³/mol. The molecule has 0 unspecified atom stereocenters. The number of methoxy groups -OCH3 is 1. The van der Waals surface area contributed by atoms with Gasteiger partial charge in [-0.1, -0.05) is 13.8 Å². The Morgan fingerprint density at radius 1 is 1.04 bits per heavy atom. The summed E-state index contributed by atoms with van der Waals surface area (Å²) >= 11 is 0. The van der Waals surface area contributed by atoms with E-state index in [0.29, 0.717) is 30.6 Å². The van der Waals surface area contributed by atoms with Crippen molar-refractivity contribution < 1.29 is 24.9 Å². The summed E-state index contributed by atoms with van der Waals surface area (Å²) in [5.41, 5.74) is -1.62. The largest absolute Gasteiger partial charge is 0.469 e. The Hall–Kier alpha value is -0.650. The second-order valence-corrected chi connectivity index (χ2v) is 10.1. The van der Waals surface area contributed by atoms with Crippen molar-refractivity contribution in [1.29, 1.82) is 0 Å². The van der Waals surface area contributed by atoms with E-state index in [1.54, 1.807) is 0 Å². The quantitative estimate of drug-likeness (QED) is 0.620. The molecule has 0 saturated heterocycles. The molecule has 0 radical (unpaired) electrons. The summed E-state index contributed by atoms with van der Waals surface area (Å²) in [5.74, 6) is 0.940. The molecule has 4 aliphatic rings. The van der Waals surface area contributed by atoms with Gasteiger partial charge in [0.25, 0.3) is 0 Å². The van der Waals surface area contributed by atoms with E-state index < -0.39 is 17.8 Å². The number of esters is 1. The zero-order valence-corrected chi connectivity index (χ0v) is 16.3. The first-order valence-corrected chi connectivity index (χ1v) is 10.3. The molecule has 0 spiro atoms. The van der Waals surface area contributed by atoms with Gasteiger partial charge in [-0.05, 0) is 68.1 Å². The molecule has 0 aromatic rings. The first kappa shape index (κ1) is 18.7. The molecule has 5 nitrogen and oxygen atoms in total. The van der Waals surface area contributed by atoms with Crippen molar-refractivity contribution in [3.8, 4) is 0 Å². The topological polar surface area (TPSA) is 87.0 Å². The number of hydrogen-bond acceptors (Lipinski definition) is 5. The van der Waals surface area contributed by atoms with Crippen molar-refractivity contribution in [1.82, 2.24) is 0 Å². The van der Waals surface area contributed by atoms with Crippen molar-refractivity contribution in [3.63, 3.8) is 0 Å². The molecule has 0 bridgehead atoms. The van der Waals surface area contributed by atoms with Crippen LogP contribution < -0.4 is 0 Å². The first-order valence-electron chi connectivity index (χ1n) is 10.3. The maximum absolute atomic E-state index is 12.3. The van der Waals surface area contributed by atoms with Crippen LogP contribution in [-0.2, 0) is 9.53 Å². The standard InChI is InChI=1S/C21H34O5/c1-19-8-7-15-13(14(19)4-5-16(19)18(24)26-3)10-17(23)21(25)11-12(22)6-9-20(15,21)2/h12-17,22-23,25H,4-11H2,1-3H3/t12-,13-,14-,15-,16+,17+,19-,20+,21-/m0/s1. The van der Waals surface area contributed by atoms with Crippen LogP contribution in [0.15, 0.2) is 0 Å². The summed E-state index contributed by atoms with van der Waals surface area (Å²) in [7, 11) is 1.48. The highest BCUT2D eigenvalue weighted by atomic mass is 16.5. The van der Waals surface area contributed by atoms with E-state index in [9.17, 15) is 20.1 Å². The van der Waals surface area contributed by atoms with Gasteiger partial charge in [-0.3, -0.25) is 4.79 Å². The van der Waals surface area contributed by atoms with Gasteiger partial charge in [0.2, 0.25) is 0 Å². The van der Waals surface area contributed by atoms with Crippen LogP contribution in [0.25, 0.3) is 0 Å². The molecule has 0 heterocycles. The molecule has 4 aliphatic carbocycles. The second kappa shape index (κ2) is 5.92.